The molecule has 1 aliphatic rings. The second-order valence-corrected chi connectivity index (χ2v) is 8.03. The Bertz CT molecular complexity index is 756. The van der Waals surface area contributed by atoms with Gasteiger partial charge in [-0.1, -0.05) is 30.4 Å². The van der Waals surface area contributed by atoms with E-state index in [-0.39, 0.29) is 25.5 Å². The average Bonchev–Trinajstić information content (AvgIpc) is 3.02. The van der Waals surface area contributed by atoms with E-state index >= 15 is 0 Å². The summed E-state index contributed by atoms with van der Waals surface area (Å²) in [6.45, 7) is 0.546. The number of ether oxygens (including phenoxy) is 1. The van der Waals surface area contributed by atoms with Crippen LogP contribution >= 0.6 is 11.8 Å². The molecule has 1 aromatic rings. The van der Waals surface area contributed by atoms with Gasteiger partial charge in [0.25, 0.3) is 0 Å². The number of amides is 1. The summed E-state index contributed by atoms with van der Waals surface area (Å²) >= 11 is 1.54. The number of aliphatic hydroxyl groups excluding tert-OH is 1. The molecular weight excluding hydrogens is 423 g/mol. The predicted molar refractivity (Wildman–Crippen MR) is 106 cm³/mol. The number of cyclic esters (lactones) is 1. The number of thioether (sulfide) groups is 1. The van der Waals surface area contributed by atoms with Crippen LogP contribution in [-0.4, -0.2) is 64.0 Å². The number of benzene rings is 1. The molecule has 0 radical (unpaired) electrons. The summed E-state index contributed by atoms with van der Waals surface area (Å²) in [5, 5.41) is 18.8. The number of rotatable bonds is 11. The first-order chi connectivity index (χ1) is 14.2. The number of carbonyl (C=O) groups excluding carboxylic acids is 1. The summed E-state index contributed by atoms with van der Waals surface area (Å²) in [6.07, 6.45) is -2.16. The van der Waals surface area contributed by atoms with Crippen molar-refractivity contribution in [2.24, 2.45) is 0 Å². The summed E-state index contributed by atoms with van der Waals surface area (Å²) in [7, 11) is 0. The first-order valence-corrected chi connectivity index (χ1v) is 10.6. The van der Waals surface area contributed by atoms with E-state index in [9.17, 15) is 27.9 Å². The Morgan fingerprint density at radius 3 is 2.83 bits per heavy atom. The van der Waals surface area contributed by atoms with Gasteiger partial charge in [-0.25, -0.2) is 4.79 Å². The fourth-order valence-electron chi connectivity index (χ4n) is 2.91. The lowest BCUT2D eigenvalue weighted by molar-refractivity contribution is -0.138. The average molecular weight is 447 g/mol. The highest BCUT2D eigenvalue weighted by Gasteiger charge is 2.31. The van der Waals surface area contributed by atoms with Crippen molar-refractivity contribution in [1.82, 2.24) is 4.90 Å². The molecule has 2 rings (SSSR count). The summed E-state index contributed by atoms with van der Waals surface area (Å²) in [4.78, 5) is 23.9. The van der Waals surface area contributed by atoms with Crippen molar-refractivity contribution >= 4 is 23.8 Å². The highest BCUT2D eigenvalue weighted by atomic mass is 32.2. The first-order valence-electron chi connectivity index (χ1n) is 9.42. The molecule has 0 bridgehead atoms. The van der Waals surface area contributed by atoms with Crippen LogP contribution in [0, 0.1) is 0 Å². The largest absolute Gasteiger partial charge is 0.481 e. The summed E-state index contributed by atoms with van der Waals surface area (Å²) in [5.41, 5.74) is -0.409. The van der Waals surface area contributed by atoms with Crippen LogP contribution in [0.4, 0.5) is 18.0 Å². The second kappa shape index (κ2) is 11.3. The number of carbonyl (C=O) groups is 2. The Hall–Kier alpha value is -2.20. The summed E-state index contributed by atoms with van der Waals surface area (Å²) < 4.78 is 43.4. The lowest BCUT2D eigenvalue weighted by atomic mass is 10.0. The van der Waals surface area contributed by atoms with Crippen molar-refractivity contribution in [3.05, 3.63) is 47.5 Å². The van der Waals surface area contributed by atoms with Crippen LogP contribution in [0.5, 0.6) is 0 Å². The molecule has 30 heavy (non-hydrogen) atoms. The molecule has 0 unspecified atom stereocenters. The highest BCUT2D eigenvalue weighted by molar-refractivity contribution is 7.99. The number of carboxylic acids is 1. The Morgan fingerprint density at radius 1 is 1.37 bits per heavy atom. The molecule has 2 atom stereocenters. The van der Waals surface area contributed by atoms with Gasteiger partial charge in [0.2, 0.25) is 0 Å². The molecule has 1 fully saturated rings. The van der Waals surface area contributed by atoms with Gasteiger partial charge in [0.1, 0.15) is 6.61 Å². The maximum Gasteiger partial charge on any atom is 0.416 e. The van der Waals surface area contributed by atoms with Crippen LogP contribution in [-0.2, 0) is 22.1 Å². The van der Waals surface area contributed by atoms with E-state index in [1.165, 1.54) is 34.9 Å². The number of carboxylic acid groups (broad SMARTS) is 1. The van der Waals surface area contributed by atoms with Gasteiger partial charge in [-0.3, -0.25) is 9.69 Å². The molecule has 0 aromatic heterocycles. The predicted octanol–water partition coefficient (Wildman–Crippen LogP) is 3.58. The zero-order valence-corrected chi connectivity index (χ0v) is 17.0. The monoisotopic (exact) mass is 447 g/mol. The molecule has 0 spiro atoms. The van der Waals surface area contributed by atoms with Gasteiger partial charge in [-0.15, -0.1) is 0 Å². The van der Waals surface area contributed by atoms with Crippen LogP contribution in [0.25, 0.3) is 0 Å². The number of alkyl halides is 3. The molecule has 1 aromatic carbocycles. The third-order valence-electron chi connectivity index (χ3n) is 4.42. The molecule has 1 saturated heterocycles. The lowest BCUT2D eigenvalue weighted by Crippen LogP contribution is -2.34. The van der Waals surface area contributed by atoms with E-state index in [1.54, 1.807) is 6.08 Å². The van der Waals surface area contributed by atoms with E-state index in [1.807, 2.05) is 0 Å². The van der Waals surface area contributed by atoms with Gasteiger partial charge in [-0.05, 0) is 23.8 Å². The minimum atomic E-state index is -4.44. The van der Waals surface area contributed by atoms with Crippen molar-refractivity contribution in [2.75, 3.05) is 24.7 Å². The minimum absolute atomic E-state index is 0.0153. The summed E-state index contributed by atoms with van der Waals surface area (Å²) in [6, 6.07) is 4.43. The van der Waals surface area contributed by atoms with E-state index in [4.69, 9.17) is 9.84 Å². The van der Waals surface area contributed by atoms with Crippen LogP contribution < -0.4 is 0 Å². The minimum Gasteiger partial charge on any atom is -0.481 e. The Kier molecular flexibility index (Phi) is 9.04. The van der Waals surface area contributed by atoms with Crippen molar-refractivity contribution in [3.8, 4) is 0 Å². The number of aliphatic hydroxyl groups is 1. The maximum atomic E-state index is 12.8. The molecule has 6 nitrogen and oxygen atoms in total. The van der Waals surface area contributed by atoms with Crippen LogP contribution in [0.1, 0.15) is 24.0 Å². The van der Waals surface area contributed by atoms with Crippen molar-refractivity contribution in [1.29, 1.82) is 0 Å². The third-order valence-corrected chi connectivity index (χ3v) is 5.47. The van der Waals surface area contributed by atoms with Gasteiger partial charge in [0, 0.05) is 25.1 Å². The number of hydrogen-bond acceptors (Lipinski definition) is 5. The number of halogens is 3. The van der Waals surface area contributed by atoms with Gasteiger partial charge in [0.05, 0.1) is 17.7 Å². The molecule has 1 aliphatic heterocycles. The number of aliphatic carboxylic acids is 1. The molecule has 2 N–H and O–H groups in total. The number of nitrogens with zero attached hydrogens (tertiary/aromatic N) is 1. The van der Waals surface area contributed by atoms with Crippen LogP contribution in [0.2, 0.25) is 0 Å². The van der Waals surface area contributed by atoms with Gasteiger partial charge in [0.15, 0.2) is 0 Å². The van der Waals surface area contributed by atoms with Gasteiger partial charge >= 0.3 is 18.2 Å². The number of hydrogen-bond donors (Lipinski definition) is 2. The molecule has 1 heterocycles. The topological polar surface area (TPSA) is 87.1 Å². The van der Waals surface area contributed by atoms with E-state index < -0.39 is 29.9 Å². The third kappa shape index (κ3) is 7.91. The highest BCUT2D eigenvalue weighted by Crippen LogP contribution is 2.29. The van der Waals surface area contributed by atoms with Gasteiger partial charge < -0.3 is 14.9 Å². The molecule has 0 aliphatic carbocycles. The fourth-order valence-corrected chi connectivity index (χ4v) is 3.79. The quantitative estimate of drug-likeness (QED) is 0.398. The van der Waals surface area contributed by atoms with Crippen molar-refractivity contribution in [3.63, 3.8) is 0 Å². The SMILES string of the molecule is O=C(O)CCCSCCN1C(=O)OC[C@@H]1/C=C/[C@@H](O)Cc1cccc(C(F)(F)F)c1. The molecule has 166 valence electrons. The zero-order chi connectivity index (χ0) is 22.1. The van der Waals surface area contributed by atoms with E-state index in [0.29, 0.717) is 30.0 Å². The van der Waals surface area contributed by atoms with Crippen molar-refractivity contribution in [2.45, 2.75) is 37.6 Å². The fraction of sp³-hybridized carbons (Fsp3) is 0.500. The molecule has 0 saturated carbocycles. The Balaban J connectivity index is 1.83. The van der Waals surface area contributed by atoms with Crippen LogP contribution in [0.3, 0.4) is 0 Å². The Labute approximate surface area is 176 Å². The van der Waals surface area contributed by atoms with E-state index in [0.717, 1.165) is 12.1 Å². The summed E-state index contributed by atoms with van der Waals surface area (Å²) in [5.74, 6) is 0.449. The maximum absolute atomic E-state index is 12.8. The molecular formula is C20H24F3NO5S. The van der Waals surface area contributed by atoms with Crippen molar-refractivity contribution < 1.29 is 37.7 Å². The smallest absolute Gasteiger partial charge is 0.416 e. The van der Waals surface area contributed by atoms with Crippen LogP contribution in [0.15, 0.2) is 36.4 Å². The molecule has 1 amide bonds. The Morgan fingerprint density at radius 2 is 2.13 bits per heavy atom. The normalized spacial score (nSPS) is 18.1. The standard InChI is InChI=1S/C20H24F3NO5S/c21-20(22,23)15-4-1-3-14(11-15)12-17(25)7-6-16-13-29-19(28)24(16)8-10-30-9-2-5-18(26)27/h1,3-4,6-7,11,16-17,25H,2,5,8-10,12-13H2,(H,26,27)/b7-6+/t16-,17+/m0/s1. The first kappa shape index (κ1) is 24.1. The van der Waals surface area contributed by atoms with E-state index in [2.05, 4.69) is 0 Å². The second-order valence-electron chi connectivity index (χ2n) is 6.80. The van der Waals surface area contributed by atoms with Gasteiger partial charge in [-0.2, -0.15) is 24.9 Å². The zero-order valence-electron chi connectivity index (χ0n) is 16.2. The lowest BCUT2D eigenvalue weighted by Gasteiger charge is -2.19. The molecule has 10 heteroatoms.